The van der Waals surface area contributed by atoms with E-state index in [9.17, 15) is 38.0 Å². The highest BCUT2D eigenvalue weighted by atomic mass is 19.1. The van der Waals surface area contributed by atoms with Crippen LogP contribution in [-0.4, -0.2) is 100 Å². The van der Waals surface area contributed by atoms with Crippen LogP contribution in [0.3, 0.4) is 0 Å². The lowest BCUT2D eigenvalue weighted by Crippen LogP contribution is -2.60. The Morgan fingerprint density at radius 1 is 0.979 bits per heavy atom. The van der Waals surface area contributed by atoms with Gasteiger partial charge in [-0.2, -0.15) is 0 Å². The van der Waals surface area contributed by atoms with Gasteiger partial charge in [0.25, 0.3) is 5.91 Å². The van der Waals surface area contributed by atoms with Gasteiger partial charge in [0.05, 0.1) is 0 Å². The van der Waals surface area contributed by atoms with Crippen LogP contribution in [0.1, 0.15) is 50.5 Å². The number of hydrogen-bond donors (Lipinski definition) is 8. The van der Waals surface area contributed by atoms with E-state index in [-0.39, 0.29) is 45.2 Å². The molecule has 0 aliphatic carbocycles. The molecule has 1 fully saturated rings. The highest BCUT2D eigenvalue weighted by molar-refractivity contribution is 5.96. The lowest BCUT2D eigenvalue weighted by Gasteiger charge is -2.37. The number of H-pyrrole nitrogens is 1. The number of hydrogen-bond acceptors (Lipinski definition) is 7. The maximum absolute atomic E-state index is 13.8. The van der Waals surface area contributed by atoms with Crippen LogP contribution in [0.15, 0.2) is 30.5 Å². The predicted octanol–water partition coefficient (Wildman–Crippen LogP) is -0.686. The second-order valence-corrected chi connectivity index (χ2v) is 11.3. The number of carboxylic acids is 1. The molecule has 10 N–H and O–H groups in total. The number of piperidine rings is 1. The fourth-order valence-corrected chi connectivity index (χ4v) is 5.50. The maximum Gasteiger partial charge on any atom is 0.312 e. The van der Waals surface area contributed by atoms with Gasteiger partial charge in [0, 0.05) is 43.0 Å². The molecule has 1 aromatic heterocycles. The minimum absolute atomic E-state index is 0.00917. The molecule has 1 saturated heterocycles. The first-order valence-electron chi connectivity index (χ1n) is 15.3. The van der Waals surface area contributed by atoms with E-state index >= 15 is 0 Å². The summed E-state index contributed by atoms with van der Waals surface area (Å²) in [5.74, 6) is -5.32. The molecule has 1 aliphatic heterocycles. The molecule has 2 aromatic rings. The minimum Gasteiger partial charge on any atom is -0.481 e. The summed E-state index contributed by atoms with van der Waals surface area (Å²) in [6.45, 7) is -1.18. The van der Waals surface area contributed by atoms with Crippen molar-refractivity contribution >= 4 is 52.4 Å². The van der Waals surface area contributed by atoms with E-state index in [0.29, 0.717) is 18.4 Å². The van der Waals surface area contributed by atoms with Gasteiger partial charge in [-0.1, -0.05) is 18.2 Å². The first-order valence-corrected chi connectivity index (χ1v) is 15.3. The summed E-state index contributed by atoms with van der Waals surface area (Å²) in [6.07, 6.45) is 2.49. The minimum atomic E-state index is -1.42. The molecule has 1 aromatic carbocycles. The average Bonchev–Trinajstić information content (AvgIpc) is 3.45. The van der Waals surface area contributed by atoms with Gasteiger partial charge in [0.15, 0.2) is 6.67 Å². The van der Waals surface area contributed by atoms with Crippen molar-refractivity contribution in [2.24, 2.45) is 11.5 Å². The summed E-state index contributed by atoms with van der Waals surface area (Å²) in [4.78, 5) is 91.4. The Bertz CT molecular complexity index is 1470. The first-order chi connectivity index (χ1) is 22.4. The molecule has 3 unspecified atom stereocenters. The van der Waals surface area contributed by atoms with E-state index < -0.39 is 78.8 Å². The van der Waals surface area contributed by atoms with Crippen molar-refractivity contribution in [1.29, 1.82) is 0 Å². The lowest BCUT2D eigenvalue weighted by molar-refractivity contribution is -0.146. The Morgan fingerprint density at radius 2 is 1.72 bits per heavy atom. The molecule has 17 heteroatoms. The van der Waals surface area contributed by atoms with Crippen LogP contribution >= 0.6 is 0 Å². The van der Waals surface area contributed by atoms with Crippen LogP contribution in [0.4, 0.5) is 9.18 Å². The number of benzene rings is 1. The number of halogens is 1. The van der Waals surface area contributed by atoms with Gasteiger partial charge in [0.2, 0.25) is 23.6 Å². The van der Waals surface area contributed by atoms with E-state index in [1.165, 1.54) is 4.90 Å². The van der Waals surface area contributed by atoms with Crippen LogP contribution < -0.4 is 32.7 Å². The third-order valence-electron chi connectivity index (χ3n) is 7.85. The topological polar surface area (TPSA) is 259 Å². The number of alkyl halides is 1. The summed E-state index contributed by atoms with van der Waals surface area (Å²) >= 11 is 0. The molecule has 7 amide bonds. The monoisotopic (exact) mass is 660 g/mol. The zero-order valence-corrected chi connectivity index (χ0v) is 25.8. The molecule has 1 aliphatic rings. The van der Waals surface area contributed by atoms with Crippen molar-refractivity contribution in [2.75, 3.05) is 19.8 Å². The van der Waals surface area contributed by atoms with Crippen molar-refractivity contribution in [3.63, 3.8) is 0 Å². The van der Waals surface area contributed by atoms with Crippen LogP contribution in [0.5, 0.6) is 0 Å². The SMILES string of the molecule is NC(=O)NCCCC(NC(=O)C(Cc1c[nH]c2ccccc12)NC(=O)[C@@H]1CCCCN1C(=O)C(CCC(=O)O)NC(=O)CF)C(N)=O. The average molecular weight is 661 g/mol. The number of nitrogens with one attached hydrogen (secondary N) is 5. The smallest absolute Gasteiger partial charge is 0.312 e. The number of aliphatic carboxylic acids is 1. The number of likely N-dealkylation sites (tertiary alicyclic amines) is 1. The molecule has 2 heterocycles. The highest BCUT2D eigenvalue weighted by Crippen LogP contribution is 2.22. The first kappa shape index (κ1) is 36.3. The number of carbonyl (C=O) groups excluding carboxylic acids is 6. The van der Waals surface area contributed by atoms with E-state index in [4.69, 9.17) is 16.6 Å². The van der Waals surface area contributed by atoms with Gasteiger partial charge >= 0.3 is 12.0 Å². The lowest BCUT2D eigenvalue weighted by atomic mass is 9.97. The zero-order chi connectivity index (χ0) is 34.5. The fourth-order valence-electron chi connectivity index (χ4n) is 5.50. The number of carbonyl (C=O) groups is 7. The Balaban J connectivity index is 1.85. The molecule has 0 spiro atoms. The van der Waals surface area contributed by atoms with Gasteiger partial charge in [-0.15, -0.1) is 0 Å². The number of aromatic amines is 1. The Hall–Kier alpha value is -5.22. The molecular weight excluding hydrogens is 619 g/mol. The van der Waals surface area contributed by atoms with Gasteiger partial charge in [-0.3, -0.25) is 28.8 Å². The quantitative estimate of drug-likeness (QED) is 0.101. The van der Waals surface area contributed by atoms with Gasteiger partial charge in [-0.25, -0.2) is 9.18 Å². The number of carboxylic acid groups (broad SMARTS) is 1. The van der Waals surface area contributed by atoms with Gasteiger partial charge < -0.3 is 47.7 Å². The van der Waals surface area contributed by atoms with E-state index in [1.54, 1.807) is 6.20 Å². The number of aromatic nitrogens is 1. The summed E-state index contributed by atoms with van der Waals surface area (Å²) in [5.41, 5.74) is 12.1. The van der Waals surface area contributed by atoms with E-state index in [1.807, 2.05) is 24.3 Å². The van der Waals surface area contributed by atoms with Crippen molar-refractivity contribution in [2.45, 2.75) is 75.5 Å². The largest absolute Gasteiger partial charge is 0.481 e. The fraction of sp³-hybridized carbons (Fsp3) is 0.500. The summed E-state index contributed by atoms with van der Waals surface area (Å²) in [5, 5.41) is 19.8. The molecule has 16 nitrogen and oxygen atoms in total. The standard InChI is InChI=1S/C30H41FN8O8/c31-15-24(40)36-21(10-11-25(41)42)29(46)39-13-4-3-9-23(39)28(45)38-22(14-17-16-35-19-7-2-1-6-18(17)19)27(44)37-20(26(32)43)8-5-12-34-30(33)47/h1-2,6-7,16,20-23,35H,3-5,8-15H2,(H2,32,43)(H,36,40)(H,37,44)(H,38,45)(H,41,42)(H3,33,34,47)/t20?,21?,22?,23-/m0/s1. The second kappa shape index (κ2) is 17.5. The summed E-state index contributed by atoms with van der Waals surface area (Å²) in [6, 6.07) is 1.72. The number of nitrogens with zero attached hydrogens (tertiary/aromatic N) is 1. The van der Waals surface area contributed by atoms with Crippen molar-refractivity contribution in [3.8, 4) is 0 Å². The summed E-state index contributed by atoms with van der Waals surface area (Å²) in [7, 11) is 0. The summed E-state index contributed by atoms with van der Waals surface area (Å²) < 4.78 is 13.0. The molecule has 0 saturated carbocycles. The third kappa shape index (κ3) is 10.7. The maximum atomic E-state index is 13.8. The number of primary amides is 2. The molecule has 3 rings (SSSR count). The Morgan fingerprint density at radius 3 is 2.40 bits per heavy atom. The Kier molecular flexibility index (Phi) is 13.5. The van der Waals surface area contributed by atoms with Crippen molar-refractivity contribution in [1.82, 2.24) is 31.2 Å². The molecular formula is C30H41FN8O8. The van der Waals surface area contributed by atoms with Crippen LogP contribution in [-0.2, 0) is 35.2 Å². The number of rotatable bonds is 17. The van der Waals surface area contributed by atoms with Crippen molar-refractivity contribution < 1.29 is 43.1 Å². The number of urea groups is 1. The number of nitrogens with two attached hydrogens (primary N) is 2. The zero-order valence-electron chi connectivity index (χ0n) is 25.8. The Labute approximate surface area is 269 Å². The van der Waals surface area contributed by atoms with Gasteiger partial charge in [-0.05, 0) is 50.2 Å². The molecule has 0 bridgehead atoms. The third-order valence-corrected chi connectivity index (χ3v) is 7.85. The number of fused-ring (bicyclic) bond motifs is 1. The number of para-hydroxylation sites is 1. The van der Waals surface area contributed by atoms with Crippen molar-refractivity contribution in [3.05, 3.63) is 36.0 Å². The van der Waals surface area contributed by atoms with Crippen LogP contribution in [0.2, 0.25) is 0 Å². The van der Waals surface area contributed by atoms with E-state index in [0.717, 1.165) is 10.9 Å². The molecule has 256 valence electrons. The predicted molar refractivity (Wildman–Crippen MR) is 166 cm³/mol. The van der Waals surface area contributed by atoms with E-state index in [2.05, 4.69) is 26.3 Å². The molecule has 0 radical (unpaired) electrons. The highest BCUT2D eigenvalue weighted by Gasteiger charge is 2.38. The van der Waals surface area contributed by atoms with Gasteiger partial charge in [0.1, 0.15) is 24.2 Å². The number of amides is 7. The molecule has 47 heavy (non-hydrogen) atoms. The normalized spacial score (nSPS) is 16.4. The molecule has 4 atom stereocenters. The van der Waals surface area contributed by atoms with Crippen LogP contribution in [0, 0.1) is 0 Å². The second-order valence-electron chi connectivity index (χ2n) is 11.3. The van der Waals surface area contributed by atoms with Crippen LogP contribution in [0.25, 0.3) is 10.9 Å².